The molecule has 28 heavy (non-hydrogen) atoms. The molecule has 0 fully saturated rings. The summed E-state index contributed by atoms with van der Waals surface area (Å²) in [5.74, 6) is -1.22. The Balaban J connectivity index is 1.46. The van der Waals surface area contributed by atoms with E-state index in [4.69, 9.17) is 11.6 Å². The SMILES string of the molecule is CC(NC(=O)C(=O)N1CCc2c(Cl)cccc21)c1ccc2c(c1)CCC(=O)N2. The Labute approximate surface area is 167 Å². The van der Waals surface area contributed by atoms with E-state index in [0.29, 0.717) is 36.5 Å². The lowest BCUT2D eigenvalue weighted by atomic mass is 9.98. The minimum absolute atomic E-state index is 0.0122. The number of benzene rings is 2. The molecular weight excluding hydrogens is 378 g/mol. The monoisotopic (exact) mass is 397 g/mol. The van der Waals surface area contributed by atoms with Crippen LogP contribution in [0.1, 0.15) is 36.1 Å². The van der Waals surface area contributed by atoms with E-state index < -0.39 is 11.8 Å². The predicted molar refractivity (Wildman–Crippen MR) is 107 cm³/mol. The molecule has 1 unspecified atom stereocenters. The van der Waals surface area contributed by atoms with Crippen molar-refractivity contribution in [1.29, 1.82) is 0 Å². The summed E-state index contributed by atoms with van der Waals surface area (Å²) in [6, 6.07) is 10.7. The van der Waals surface area contributed by atoms with E-state index in [0.717, 1.165) is 22.4 Å². The smallest absolute Gasteiger partial charge is 0.316 e. The Bertz CT molecular complexity index is 989. The van der Waals surface area contributed by atoms with Crippen molar-refractivity contribution in [2.45, 2.75) is 32.2 Å². The summed E-state index contributed by atoms with van der Waals surface area (Å²) in [5.41, 5.74) is 4.33. The maximum absolute atomic E-state index is 12.7. The van der Waals surface area contributed by atoms with Gasteiger partial charge < -0.3 is 15.5 Å². The first kappa shape index (κ1) is 18.5. The van der Waals surface area contributed by atoms with Gasteiger partial charge in [0.1, 0.15) is 0 Å². The topological polar surface area (TPSA) is 78.5 Å². The number of anilines is 2. The molecule has 144 valence electrons. The maximum Gasteiger partial charge on any atom is 0.316 e. The summed E-state index contributed by atoms with van der Waals surface area (Å²) in [6.45, 7) is 2.28. The summed E-state index contributed by atoms with van der Waals surface area (Å²) >= 11 is 6.19. The molecule has 2 aromatic rings. The Morgan fingerprint density at radius 1 is 1.18 bits per heavy atom. The number of aryl methyl sites for hydroxylation is 1. The minimum atomic E-state index is -0.647. The summed E-state index contributed by atoms with van der Waals surface area (Å²) < 4.78 is 0. The van der Waals surface area contributed by atoms with E-state index in [9.17, 15) is 14.4 Å². The molecule has 0 saturated carbocycles. The highest BCUT2D eigenvalue weighted by atomic mass is 35.5. The summed E-state index contributed by atoms with van der Waals surface area (Å²) in [5, 5.41) is 6.24. The molecule has 0 aromatic heterocycles. The Hall–Kier alpha value is -2.86. The van der Waals surface area contributed by atoms with Crippen LogP contribution < -0.4 is 15.5 Å². The van der Waals surface area contributed by atoms with Crippen molar-refractivity contribution in [3.8, 4) is 0 Å². The van der Waals surface area contributed by atoms with Gasteiger partial charge in [-0.05, 0) is 54.7 Å². The highest BCUT2D eigenvalue weighted by molar-refractivity contribution is 6.41. The third-order valence-corrected chi connectivity index (χ3v) is 5.64. The normalized spacial score (nSPS) is 16.1. The molecule has 2 aliphatic rings. The molecule has 2 N–H and O–H groups in total. The highest BCUT2D eigenvalue weighted by Crippen LogP contribution is 2.33. The van der Waals surface area contributed by atoms with Crippen LogP contribution in [0.3, 0.4) is 0 Å². The van der Waals surface area contributed by atoms with Crippen LogP contribution in [-0.4, -0.2) is 24.3 Å². The first-order chi connectivity index (χ1) is 13.4. The number of nitrogens with one attached hydrogen (secondary N) is 2. The van der Waals surface area contributed by atoms with Crippen molar-refractivity contribution in [3.63, 3.8) is 0 Å². The summed E-state index contributed by atoms with van der Waals surface area (Å²) in [7, 11) is 0. The van der Waals surface area contributed by atoms with E-state index in [-0.39, 0.29) is 11.9 Å². The molecule has 3 amide bonds. The Morgan fingerprint density at radius 3 is 2.82 bits per heavy atom. The molecule has 1 atom stereocenters. The first-order valence-corrected chi connectivity index (χ1v) is 9.64. The molecule has 4 rings (SSSR count). The number of fused-ring (bicyclic) bond motifs is 2. The highest BCUT2D eigenvalue weighted by Gasteiger charge is 2.31. The van der Waals surface area contributed by atoms with E-state index in [1.165, 1.54) is 4.90 Å². The molecule has 2 aliphatic heterocycles. The standard InChI is InChI=1S/C21H20ClN3O3/c1-12(13-5-7-17-14(11-13)6-8-19(26)24-17)23-20(27)21(28)25-10-9-15-16(22)3-2-4-18(15)25/h2-5,7,11-12H,6,8-10H2,1H3,(H,23,27)(H,24,26). The Kier molecular flexibility index (Phi) is 4.81. The molecule has 2 heterocycles. The fourth-order valence-electron chi connectivity index (χ4n) is 3.74. The molecule has 7 heteroatoms. The van der Waals surface area contributed by atoms with Crippen molar-refractivity contribution < 1.29 is 14.4 Å². The second-order valence-electron chi connectivity index (χ2n) is 7.10. The van der Waals surface area contributed by atoms with Gasteiger partial charge in [0.15, 0.2) is 0 Å². The van der Waals surface area contributed by atoms with Crippen LogP contribution in [0.5, 0.6) is 0 Å². The molecule has 2 aromatic carbocycles. The molecule has 0 spiro atoms. The summed E-state index contributed by atoms with van der Waals surface area (Å²) in [4.78, 5) is 38.2. The molecule has 0 aliphatic carbocycles. The van der Waals surface area contributed by atoms with Crippen LogP contribution in [0, 0.1) is 0 Å². The summed E-state index contributed by atoms with van der Waals surface area (Å²) in [6.07, 6.45) is 1.76. The van der Waals surface area contributed by atoms with E-state index in [1.54, 1.807) is 18.2 Å². The maximum atomic E-state index is 12.7. The van der Waals surface area contributed by atoms with E-state index in [2.05, 4.69) is 10.6 Å². The van der Waals surface area contributed by atoms with Gasteiger partial charge in [-0.3, -0.25) is 14.4 Å². The number of rotatable bonds is 2. The average molecular weight is 398 g/mol. The molecule has 0 saturated heterocycles. The second-order valence-corrected chi connectivity index (χ2v) is 7.51. The largest absolute Gasteiger partial charge is 0.341 e. The lowest BCUT2D eigenvalue weighted by Gasteiger charge is -2.21. The average Bonchev–Trinajstić information content (AvgIpc) is 3.12. The van der Waals surface area contributed by atoms with Crippen molar-refractivity contribution in [2.75, 3.05) is 16.8 Å². The van der Waals surface area contributed by atoms with Crippen LogP contribution in [0.2, 0.25) is 5.02 Å². The van der Waals surface area contributed by atoms with Crippen LogP contribution in [0.4, 0.5) is 11.4 Å². The lowest BCUT2D eigenvalue weighted by Crippen LogP contribution is -2.43. The number of hydrogen-bond acceptors (Lipinski definition) is 3. The Morgan fingerprint density at radius 2 is 2.00 bits per heavy atom. The van der Waals surface area contributed by atoms with Crippen molar-refractivity contribution in [1.82, 2.24) is 5.32 Å². The molecule has 0 radical (unpaired) electrons. The van der Waals surface area contributed by atoms with Gasteiger partial charge >= 0.3 is 11.8 Å². The second kappa shape index (κ2) is 7.28. The fourth-order valence-corrected chi connectivity index (χ4v) is 4.00. The zero-order valence-corrected chi connectivity index (χ0v) is 16.2. The minimum Gasteiger partial charge on any atom is -0.341 e. The number of carbonyl (C=O) groups excluding carboxylic acids is 3. The number of nitrogens with zero attached hydrogens (tertiary/aromatic N) is 1. The quantitative estimate of drug-likeness (QED) is 0.764. The van der Waals surface area contributed by atoms with Gasteiger partial charge in [-0.25, -0.2) is 0 Å². The molecule has 0 bridgehead atoms. The lowest BCUT2D eigenvalue weighted by molar-refractivity contribution is -0.138. The van der Waals surface area contributed by atoms with Crippen molar-refractivity contribution in [2.24, 2.45) is 0 Å². The zero-order valence-electron chi connectivity index (χ0n) is 15.4. The van der Waals surface area contributed by atoms with Gasteiger partial charge in [-0.15, -0.1) is 0 Å². The van der Waals surface area contributed by atoms with Gasteiger partial charge in [-0.2, -0.15) is 0 Å². The third-order valence-electron chi connectivity index (χ3n) is 5.28. The number of amides is 3. The number of halogens is 1. The molecule has 6 nitrogen and oxygen atoms in total. The number of carbonyl (C=O) groups is 3. The van der Waals surface area contributed by atoms with Gasteiger partial charge in [0.25, 0.3) is 0 Å². The number of hydrogen-bond donors (Lipinski definition) is 2. The fraction of sp³-hybridized carbons (Fsp3) is 0.286. The van der Waals surface area contributed by atoms with E-state index in [1.807, 2.05) is 25.1 Å². The zero-order chi connectivity index (χ0) is 19.8. The van der Waals surface area contributed by atoms with Crippen LogP contribution in [0.25, 0.3) is 0 Å². The molecular formula is C21H20ClN3O3. The van der Waals surface area contributed by atoms with Crippen LogP contribution in [-0.2, 0) is 27.2 Å². The van der Waals surface area contributed by atoms with Crippen LogP contribution >= 0.6 is 11.6 Å². The van der Waals surface area contributed by atoms with Gasteiger partial charge in [0.05, 0.1) is 6.04 Å². The van der Waals surface area contributed by atoms with Gasteiger partial charge in [0, 0.05) is 29.4 Å². The van der Waals surface area contributed by atoms with Crippen LogP contribution in [0.15, 0.2) is 36.4 Å². The third kappa shape index (κ3) is 3.36. The van der Waals surface area contributed by atoms with Gasteiger partial charge in [-0.1, -0.05) is 29.8 Å². The van der Waals surface area contributed by atoms with E-state index >= 15 is 0 Å². The predicted octanol–water partition coefficient (Wildman–Crippen LogP) is 2.99. The first-order valence-electron chi connectivity index (χ1n) is 9.26. The van der Waals surface area contributed by atoms with Gasteiger partial charge in [0.2, 0.25) is 5.91 Å². The van der Waals surface area contributed by atoms with Crippen molar-refractivity contribution >= 4 is 40.7 Å². The van der Waals surface area contributed by atoms with Crippen molar-refractivity contribution in [3.05, 3.63) is 58.1 Å².